The lowest BCUT2D eigenvalue weighted by molar-refractivity contribution is -0.121. The van der Waals surface area contributed by atoms with E-state index in [9.17, 15) is 18.7 Å². The van der Waals surface area contributed by atoms with Crippen molar-refractivity contribution in [2.45, 2.75) is 25.2 Å². The van der Waals surface area contributed by atoms with E-state index in [4.69, 9.17) is 18.0 Å². The van der Waals surface area contributed by atoms with Crippen molar-refractivity contribution >= 4 is 28.9 Å². The summed E-state index contributed by atoms with van der Waals surface area (Å²) in [5.74, 6) is -0.542. The number of carbonyl (C=O) groups excluding carboxylic acids is 1. The van der Waals surface area contributed by atoms with Crippen molar-refractivity contribution in [1.82, 2.24) is 4.90 Å². The van der Waals surface area contributed by atoms with E-state index >= 15 is 0 Å². The molecule has 0 aromatic heterocycles. The molecule has 22 heavy (non-hydrogen) atoms. The first-order valence-electron chi connectivity index (χ1n) is 6.46. The maximum atomic E-state index is 12.1. The Morgan fingerprint density at radius 1 is 1.45 bits per heavy atom. The van der Waals surface area contributed by atoms with Crippen molar-refractivity contribution in [3.63, 3.8) is 0 Å². The topological polar surface area (TPSA) is 87.8 Å². The normalized spacial score (nSPS) is 21.0. The molecule has 0 radical (unpaired) electrons. The highest BCUT2D eigenvalue weighted by molar-refractivity contribution is 7.80. The van der Waals surface area contributed by atoms with Crippen molar-refractivity contribution < 1.29 is 23.4 Å². The van der Waals surface area contributed by atoms with Gasteiger partial charge in [0.05, 0.1) is 6.10 Å². The fourth-order valence-electron chi connectivity index (χ4n) is 2.22. The number of nitrogens with one attached hydrogen (secondary N) is 1. The van der Waals surface area contributed by atoms with Gasteiger partial charge in [-0.3, -0.25) is 4.79 Å². The predicted octanol–water partition coefficient (Wildman–Crippen LogP) is 0.905. The van der Waals surface area contributed by atoms with E-state index in [1.165, 1.54) is 29.2 Å². The molecule has 1 saturated heterocycles. The number of alkyl halides is 2. The van der Waals surface area contributed by atoms with Gasteiger partial charge in [0.2, 0.25) is 5.91 Å². The Labute approximate surface area is 130 Å². The van der Waals surface area contributed by atoms with Crippen molar-refractivity contribution in [3.8, 4) is 5.75 Å². The molecule has 0 unspecified atom stereocenters. The van der Waals surface area contributed by atoms with Crippen LogP contribution in [0.15, 0.2) is 24.3 Å². The van der Waals surface area contributed by atoms with Crippen molar-refractivity contribution in [2.75, 3.05) is 11.9 Å². The third kappa shape index (κ3) is 4.01. The number of thiocarbonyl (C=S) groups is 1. The number of nitrogens with two attached hydrogens (primary N) is 1. The number of aliphatic hydroxyl groups is 1. The zero-order valence-corrected chi connectivity index (χ0v) is 12.2. The molecule has 1 aromatic carbocycles. The second-order valence-corrected chi connectivity index (χ2v) is 5.18. The first-order valence-corrected chi connectivity index (χ1v) is 6.87. The van der Waals surface area contributed by atoms with E-state index in [1.807, 2.05) is 0 Å². The van der Waals surface area contributed by atoms with Gasteiger partial charge in [0, 0.05) is 18.7 Å². The summed E-state index contributed by atoms with van der Waals surface area (Å²) in [6, 6.07) is 5.07. The summed E-state index contributed by atoms with van der Waals surface area (Å²) in [5.41, 5.74) is 5.82. The number of carbonyl (C=O) groups is 1. The average Bonchev–Trinajstić information content (AvgIpc) is 2.83. The van der Waals surface area contributed by atoms with Crippen LogP contribution < -0.4 is 15.8 Å². The van der Waals surface area contributed by atoms with Gasteiger partial charge in [0.25, 0.3) is 0 Å². The molecule has 0 saturated carbocycles. The lowest BCUT2D eigenvalue weighted by atomic mass is 10.2. The molecule has 2 rings (SSSR count). The van der Waals surface area contributed by atoms with Gasteiger partial charge < -0.3 is 25.8 Å². The molecule has 0 bridgehead atoms. The lowest BCUT2D eigenvalue weighted by Gasteiger charge is -2.25. The molecule has 0 spiro atoms. The zero-order valence-electron chi connectivity index (χ0n) is 11.4. The highest BCUT2D eigenvalue weighted by atomic mass is 32.1. The number of ether oxygens (including phenoxy) is 1. The molecule has 9 heteroatoms. The molecule has 1 aliphatic rings. The van der Waals surface area contributed by atoms with Crippen molar-refractivity contribution in [3.05, 3.63) is 24.3 Å². The van der Waals surface area contributed by atoms with Crippen LogP contribution in [0.4, 0.5) is 14.5 Å². The van der Waals surface area contributed by atoms with E-state index in [2.05, 4.69) is 10.1 Å². The van der Waals surface area contributed by atoms with Crippen LogP contribution in [0.5, 0.6) is 5.75 Å². The summed E-state index contributed by atoms with van der Waals surface area (Å²) < 4.78 is 28.4. The standard InChI is InChI=1S/C13H15F2N3O3S/c14-12(15)21-9-3-1-7(2-4-9)17-13(22)18-6-8(19)5-10(18)11(16)20/h1-4,8,10,12,19H,5-6H2,(H2,16,20)(H,17,22)/t8-,10+/m1/s1. The van der Waals surface area contributed by atoms with Crippen LogP contribution in [-0.2, 0) is 4.79 Å². The minimum absolute atomic E-state index is 0.0260. The smallest absolute Gasteiger partial charge is 0.387 e. The Morgan fingerprint density at radius 3 is 2.64 bits per heavy atom. The lowest BCUT2D eigenvalue weighted by Crippen LogP contribution is -2.45. The number of hydrogen-bond donors (Lipinski definition) is 3. The van der Waals surface area contributed by atoms with E-state index in [0.29, 0.717) is 5.69 Å². The van der Waals surface area contributed by atoms with Gasteiger partial charge in [0.15, 0.2) is 5.11 Å². The van der Waals surface area contributed by atoms with Crippen LogP contribution in [0.3, 0.4) is 0 Å². The van der Waals surface area contributed by atoms with Crippen LogP contribution >= 0.6 is 12.2 Å². The minimum Gasteiger partial charge on any atom is -0.435 e. The monoisotopic (exact) mass is 331 g/mol. The highest BCUT2D eigenvalue weighted by Gasteiger charge is 2.36. The summed E-state index contributed by atoms with van der Waals surface area (Å²) in [4.78, 5) is 12.9. The molecular formula is C13H15F2N3O3S. The van der Waals surface area contributed by atoms with E-state index in [-0.39, 0.29) is 23.8 Å². The molecule has 1 amide bonds. The Hall–Kier alpha value is -2.00. The molecule has 2 atom stereocenters. The third-order valence-electron chi connectivity index (χ3n) is 3.20. The van der Waals surface area contributed by atoms with Gasteiger partial charge in [0.1, 0.15) is 11.8 Å². The highest BCUT2D eigenvalue weighted by Crippen LogP contribution is 2.21. The summed E-state index contributed by atoms with van der Waals surface area (Å²) >= 11 is 5.19. The predicted molar refractivity (Wildman–Crippen MR) is 79.6 cm³/mol. The minimum atomic E-state index is -2.89. The SMILES string of the molecule is NC(=O)[C@@H]1C[C@@H](O)CN1C(=S)Nc1ccc(OC(F)F)cc1. The van der Waals surface area contributed by atoms with Gasteiger partial charge in [-0.05, 0) is 36.5 Å². The number of aliphatic hydroxyl groups excluding tert-OH is 1. The fraction of sp³-hybridized carbons (Fsp3) is 0.385. The Kier molecular flexibility index (Phi) is 5.09. The van der Waals surface area contributed by atoms with Gasteiger partial charge >= 0.3 is 6.61 Å². The molecule has 4 N–H and O–H groups in total. The first-order chi connectivity index (χ1) is 10.4. The summed E-state index contributed by atoms with van der Waals surface area (Å²) in [7, 11) is 0. The van der Waals surface area contributed by atoms with Crippen LogP contribution in [0.2, 0.25) is 0 Å². The quantitative estimate of drug-likeness (QED) is 0.711. The molecule has 1 fully saturated rings. The third-order valence-corrected chi connectivity index (χ3v) is 3.54. The number of benzene rings is 1. The zero-order chi connectivity index (χ0) is 16.3. The Balaban J connectivity index is 2.00. The van der Waals surface area contributed by atoms with Crippen LogP contribution in [0, 0.1) is 0 Å². The summed E-state index contributed by atoms with van der Waals surface area (Å²) in [5, 5.41) is 12.7. The summed E-state index contributed by atoms with van der Waals surface area (Å²) in [6.45, 7) is -2.69. The summed E-state index contributed by atoms with van der Waals surface area (Å²) in [6.07, 6.45) is -0.461. The molecule has 6 nitrogen and oxygen atoms in total. The Morgan fingerprint density at radius 2 is 2.09 bits per heavy atom. The number of nitrogens with zero attached hydrogens (tertiary/aromatic N) is 1. The second-order valence-electron chi connectivity index (χ2n) is 4.79. The van der Waals surface area contributed by atoms with Gasteiger partial charge in [-0.15, -0.1) is 0 Å². The molecule has 1 heterocycles. The van der Waals surface area contributed by atoms with Crippen LogP contribution in [0.25, 0.3) is 0 Å². The number of β-amino-alcohol motifs (C(OH)–C–C–N with tert-alkyl or cyclic N) is 1. The van der Waals surface area contributed by atoms with Crippen molar-refractivity contribution in [2.24, 2.45) is 5.73 Å². The molecular weight excluding hydrogens is 316 g/mol. The number of amides is 1. The Bertz CT molecular complexity index is 556. The average molecular weight is 331 g/mol. The number of anilines is 1. The molecule has 1 aromatic rings. The number of hydrogen-bond acceptors (Lipinski definition) is 4. The maximum Gasteiger partial charge on any atom is 0.387 e. The van der Waals surface area contributed by atoms with Crippen molar-refractivity contribution in [1.29, 1.82) is 0 Å². The van der Waals surface area contributed by atoms with E-state index in [0.717, 1.165) is 0 Å². The number of primary amides is 1. The number of halogens is 2. The number of likely N-dealkylation sites (tertiary alicyclic amines) is 1. The molecule has 1 aliphatic heterocycles. The maximum absolute atomic E-state index is 12.1. The fourth-order valence-corrected chi connectivity index (χ4v) is 2.54. The first kappa shape index (κ1) is 16.4. The van der Waals surface area contributed by atoms with E-state index in [1.54, 1.807) is 0 Å². The van der Waals surface area contributed by atoms with Gasteiger partial charge in [-0.1, -0.05) is 0 Å². The van der Waals surface area contributed by atoms with Gasteiger partial charge in [-0.2, -0.15) is 8.78 Å². The molecule has 120 valence electrons. The van der Waals surface area contributed by atoms with Crippen LogP contribution in [0.1, 0.15) is 6.42 Å². The second kappa shape index (κ2) is 6.84. The largest absolute Gasteiger partial charge is 0.435 e. The van der Waals surface area contributed by atoms with Gasteiger partial charge in [-0.25, -0.2) is 0 Å². The van der Waals surface area contributed by atoms with E-state index < -0.39 is 24.7 Å². The number of rotatable bonds is 4. The van der Waals surface area contributed by atoms with Crippen LogP contribution in [-0.4, -0.2) is 46.3 Å². The molecule has 0 aliphatic carbocycles.